The van der Waals surface area contributed by atoms with Gasteiger partial charge in [0.05, 0.1) is 5.71 Å². The molecule has 2 aliphatic rings. The minimum absolute atomic E-state index is 0.0492. The molecular weight excluding hydrogens is 556 g/mol. The van der Waals surface area contributed by atoms with Crippen LogP contribution in [-0.4, -0.2) is 27.5 Å². The van der Waals surface area contributed by atoms with Crippen LogP contribution in [0.4, 0.5) is 0 Å². The minimum Gasteiger partial charge on any atom is -0.355 e. The van der Waals surface area contributed by atoms with E-state index in [4.69, 9.17) is 0 Å². The first kappa shape index (κ1) is 34.2. The maximum absolute atomic E-state index is 12.8. The number of nitrogens with zero attached hydrogens (tertiary/aromatic N) is 1. The van der Waals surface area contributed by atoms with Gasteiger partial charge in [-0.1, -0.05) is 81.1 Å². The number of nitrogens with one attached hydrogen (secondary N) is 3. The lowest BCUT2D eigenvalue weighted by molar-refractivity contribution is -0.116. The summed E-state index contributed by atoms with van der Waals surface area (Å²) in [7, 11) is 0. The molecule has 4 rings (SSSR count). The molecule has 0 saturated heterocycles. The molecule has 3 N–H and O–H groups in total. The second-order valence-electron chi connectivity index (χ2n) is 12.3. The summed E-state index contributed by atoms with van der Waals surface area (Å²) >= 11 is 0. The van der Waals surface area contributed by atoms with E-state index in [0.717, 1.165) is 126 Å². The Labute approximate surface area is 270 Å². The number of hydrogen-bond donors (Lipinski definition) is 3. The Balaban J connectivity index is 1.92. The number of carbonyl (C=O) groups excluding carboxylic acids is 2. The highest BCUT2D eigenvalue weighted by molar-refractivity contribution is 6.31. The summed E-state index contributed by atoms with van der Waals surface area (Å²) in [5.41, 5.74) is 13.3. The molecule has 0 fully saturated rings. The lowest BCUT2D eigenvalue weighted by atomic mass is 9.98. The van der Waals surface area contributed by atoms with Gasteiger partial charge in [-0.2, -0.15) is 0 Å². The van der Waals surface area contributed by atoms with Crippen LogP contribution in [0.1, 0.15) is 140 Å². The monoisotopic (exact) mass is 610 g/mol. The van der Waals surface area contributed by atoms with Crippen LogP contribution in [0.3, 0.4) is 0 Å². The summed E-state index contributed by atoms with van der Waals surface area (Å²) in [6.45, 7) is 17.3. The first-order valence-corrected chi connectivity index (χ1v) is 17.6. The predicted octanol–water partition coefficient (Wildman–Crippen LogP) is 7.45. The molecular formula is C39H54N4O2. The molecule has 0 bridgehead atoms. The zero-order valence-electron chi connectivity index (χ0n) is 29.0. The first-order valence-electron chi connectivity index (χ1n) is 17.6. The molecule has 0 saturated carbocycles. The van der Waals surface area contributed by atoms with Crippen LogP contribution < -0.4 is 16.0 Å². The van der Waals surface area contributed by atoms with Gasteiger partial charge in [0.25, 0.3) is 11.8 Å². The van der Waals surface area contributed by atoms with Gasteiger partial charge in [0.15, 0.2) is 0 Å². The minimum atomic E-state index is -0.0805. The van der Waals surface area contributed by atoms with Gasteiger partial charge in [-0.25, -0.2) is 4.99 Å². The van der Waals surface area contributed by atoms with Gasteiger partial charge in [-0.05, 0) is 103 Å². The Morgan fingerprint density at radius 3 is 1.71 bits per heavy atom. The number of carbonyl (C=O) groups is 2. The topological polar surface area (TPSA) is 90.1 Å². The maximum atomic E-state index is 12.8. The van der Waals surface area contributed by atoms with Crippen molar-refractivity contribution in [2.24, 2.45) is 4.99 Å². The number of H-pyrrole nitrogens is 2. The highest BCUT2D eigenvalue weighted by Crippen LogP contribution is 2.31. The summed E-state index contributed by atoms with van der Waals surface area (Å²) in [5.74, 6) is -0.0313. The van der Waals surface area contributed by atoms with E-state index in [1.807, 2.05) is 6.92 Å². The van der Waals surface area contributed by atoms with E-state index in [2.05, 4.69) is 87.0 Å². The van der Waals surface area contributed by atoms with Gasteiger partial charge < -0.3 is 15.3 Å². The van der Waals surface area contributed by atoms with Crippen LogP contribution in [0.25, 0.3) is 18.2 Å². The molecule has 0 atom stereocenters. The van der Waals surface area contributed by atoms with Gasteiger partial charge in [-0.3, -0.25) is 9.59 Å². The van der Waals surface area contributed by atoms with Crippen LogP contribution in [0.15, 0.2) is 33.0 Å². The van der Waals surface area contributed by atoms with E-state index >= 15 is 0 Å². The smallest absolute Gasteiger partial charge is 0.273 e. The van der Waals surface area contributed by atoms with Crippen LogP contribution in [-0.2, 0) is 35.3 Å². The molecule has 6 heteroatoms. The Kier molecular flexibility index (Phi) is 11.8. The first-order chi connectivity index (χ1) is 21.8. The molecule has 6 nitrogen and oxygen atoms in total. The number of allylic oxidation sites excluding steroid dienone is 2. The largest absolute Gasteiger partial charge is 0.355 e. The van der Waals surface area contributed by atoms with Crippen LogP contribution in [0.5, 0.6) is 0 Å². The Bertz CT molecular complexity index is 1690. The summed E-state index contributed by atoms with van der Waals surface area (Å²) in [4.78, 5) is 37.6. The Hall–Kier alpha value is -3.67. The molecule has 4 heterocycles. The Morgan fingerprint density at radius 2 is 1.11 bits per heavy atom. The fourth-order valence-electron chi connectivity index (χ4n) is 7.19. The number of hydrogen-bond acceptors (Lipinski definition) is 2. The van der Waals surface area contributed by atoms with Crippen LogP contribution in [0, 0.1) is 0 Å². The second kappa shape index (κ2) is 15.6. The maximum Gasteiger partial charge on any atom is 0.273 e. The number of rotatable bonds is 15. The van der Waals surface area contributed by atoms with Gasteiger partial charge in [0.2, 0.25) is 0 Å². The van der Waals surface area contributed by atoms with Crippen LogP contribution >= 0.6 is 0 Å². The average Bonchev–Trinajstić information content (AvgIpc) is 3.71. The lowest BCUT2D eigenvalue weighted by Crippen LogP contribution is -2.16. The van der Waals surface area contributed by atoms with Crippen molar-refractivity contribution in [1.82, 2.24) is 15.3 Å². The lowest BCUT2D eigenvalue weighted by Gasteiger charge is -2.05. The third kappa shape index (κ3) is 6.95. The molecule has 2 aliphatic heterocycles. The standard InChI is InChI=1S/C39H54N4O2/c1-9-17-28-24(13-5)32(21-34-26(15-7)31(20-12-4)39(45)42-34)40-35(28)23-36-29(18-10-2)25(14-6)33(41-36)22-37-30(19-11-3)27(16-8)38(44)43-37/h21-23,40-41H,9-20H2,1-8H3,(H,42,45). The van der Waals surface area contributed by atoms with Crippen molar-refractivity contribution in [1.29, 1.82) is 0 Å². The third-order valence-corrected chi connectivity index (χ3v) is 9.21. The van der Waals surface area contributed by atoms with E-state index in [0.29, 0.717) is 6.42 Å². The van der Waals surface area contributed by atoms with Crippen molar-refractivity contribution < 1.29 is 9.59 Å². The van der Waals surface area contributed by atoms with E-state index in [-0.39, 0.29) is 11.8 Å². The van der Waals surface area contributed by atoms with Crippen molar-refractivity contribution >= 4 is 35.8 Å². The summed E-state index contributed by atoms with van der Waals surface area (Å²) in [6.07, 6.45) is 17.6. The van der Waals surface area contributed by atoms with Gasteiger partial charge in [-0.15, -0.1) is 0 Å². The van der Waals surface area contributed by atoms with E-state index < -0.39 is 0 Å². The molecule has 0 unspecified atom stereocenters. The number of aromatic amines is 2. The predicted molar refractivity (Wildman–Crippen MR) is 189 cm³/mol. The van der Waals surface area contributed by atoms with Crippen molar-refractivity contribution in [2.75, 3.05) is 0 Å². The summed E-state index contributed by atoms with van der Waals surface area (Å²) in [5, 5.41) is 5.35. The zero-order valence-corrected chi connectivity index (χ0v) is 29.0. The fourth-order valence-corrected chi connectivity index (χ4v) is 7.19. The van der Waals surface area contributed by atoms with Crippen molar-refractivity contribution in [3.63, 3.8) is 0 Å². The van der Waals surface area contributed by atoms with Crippen molar-refractivity contribution in [3.05, 3.63) is 72.3 Å². The molecule has 2 amide bonds. The van der Waals surface area contributed by atoms with E-state index in [1.54, 1.807) is 0 Å². The highest BCUT2D eigenvalue weighted by Gasteiger charge is 2.26. The molecule has 0 spiro atoms. The normalized spacial score (nSPS) is 17.2. The van der Waals surface area contributed by atoms with Crippen molar-refractivity contribution in [3.8, 4) is 0 Å². The zero-order chi connectivity index (χ0) is 32.7. The summed E-state index contributed by atoms with van der Waals surface area (Å²) in [6, 6.07) is 0. The number of aromatic nitrogens is 2. The molecule has 0 aliphatic carbocycles. The summed E-state index contributed by atoms with van der Waals surface area (Å²) < 4.78 is 0. The van der Waals surface area contributed by atoms with Crippen LogP contribution in [0.2, 0.25) is 0 Å². The quantitative estimate of drug-likeness (QED) is 0.196. The molecule has 2 aromatic heterocycles. The van der Waals surface area contributed by atoms with Gasteiger partial charge in [0, 0.05) is 38.9 Å². The van der Waals surface area contributed by atoms with E-state index in [1.165, 1.54) is 22.3 Å². The van der Waals surface area contributed by atoms with Gasteiger partial charge >= 0.3 is 0 Å². The second-order valence-corrected chi connectivity index (χ2v) is 12.3. The number of aliphatic imine (C=N–C) groups is 1. The molecule has 2 aromatic rings. The Morgan fingerprint density at radius 1 is 0.533 bits per heavy atom. The fraction of sp³-hybridized carbons (Fsp3) is 0.513. The molecule has 0 aromatic carbocycles. The van der Waals surface area contributed by atoms with Crippen molar-refractivity contribution in [2.45, 2.75) is 132 Å². The molecule has 45 heavy (non-hydrogen) atoms. The molecule has 242 valence electrons. The highest BCUT2D eigenvalue weighted by atomic mass is 16.2. The SMILES string of the molecule is CCCC1=C(CC)C(=Cc2[nH]c(C=c3[nH]c(=CC4=NC(=O)C(CC)=C4CCC)c(CC)c3CCC)c(CCC)c2CC)NC1=O. The van der Waals surface area contributed by atoms with E-state index in [9.17, 15) is 9.59 Å². The molecule has 0 radical (unpaired) electrons. The third-order valence-electron chi connectivity index (χ3n) is 9.21. The average molecular weight is 611 g/mol. The van der Waals surface area contributed by atoms with Gasteiger partial charge in [0.1, 0.15) is 0 Å². The number of amides is 2.